The Morgan fingerprint density at radius 2 is 1.43 bits per heavy atom. The topological polar surface area (TPSA) is 33.3 Å². The first-order valence-corrected chi connectivity index (χ1v) is 9.62. The van der Waals surface area contributed by atoms with E-state index in [1.165, 1.54) is 28.1 Å². The Morgan fingerprint density at radius 1 is 0.714 bits per heavy atom. The fourth-order valence-corrected chi connectivity index (χ4v) is 3.89. The Labute approximate surface area is 165 Å². The van der Waals surface area contributed by atoms with E-state index >= 15 is 0 Å². The molecule has 2 N–H and O–H groups in total. The zero-order chi connectivity index (χ0) is 18.8. The summed E-state index contributed by atoms with van der Waals surface area (Å²) >= 11 is 0. The van der Waals surface area contributed by atoms with Crippen LogP contribution in [0.2, 0.25) is 0 Å². The van der Waals surface area contributed by atoms with Crippen LogP contribution in [0.4, 0.5) is 11.4 Å². The number of para-hydroxylation sites is 3. The molecule has 3 aromatic rings. The lowest BCUT2D eigenvalue weighted by atomic mass is 9.97. The fourth-order valence-electron chi connectivity index (χ4n) is 3.89. The third kappa shape index (κ3) is 3.16. The van der Waals surface area contributed by atoms with Crippen LogP contribution in [0.15, 0.2) is 84.9 Å². The number of rotatable bonds is 0. The van der Waals surface area contributed by atoms with E-state index < -0.39 is 0 Å². The highest BCUT2D eigenvalue weighted by atomic mass is 16.5. The van der Waals surface area contributed by atoms with Gasteiger partial charge in [0.2, 0.25) is 0 Å². The van der Waals surface area contributed by atoms with Crippen LogP contribution in [-0.2, 0) is 6.42 Å². The highest BCUT2D eigenvalue weighted by molar-refractivity contribution is 5.76. The van der Waals surface area contributed by atoms with Gasteiger partial charge in [-0.15, -0.1) is 0 Å². The predicted molar refractivity (Wildman–Crippen MR) is 117 cm³/mol. The van der Waals surface area contributed by atoms with E-state index in [1.54, 1.807) is 0 Å². The molecular weight excluding hydrogens is 344 g/mol. The fraction of sp³-hybridized carbons (Fsp3) is 0.120. The van der Waals surface area contributed by atoms with Crippen molar-refractivity contribution in [1.82, 2.24) is 0 Å². The molecule has 3 aliphatic rings. The number of benzene rings is 3. The lowest BCUT2D eigenvalue weighted by molar-refractivity contribution is 0.358. The van der Waals surface area contributed by atoms with Crippen LogP contribution in [0, 0.1) is 0 Å². The van der Waals surface area contributed by atoms with Crippen LogP contribution in [0.5, 0.6) is 5.75 Å². The second kappa shape index (κ2) is 6.93. The van der Waals surface area contributed by atoms with Crippen molar-refractivity contribution in [2.45, 2.75) is 12.1 Å². The maximum Gasteiger partial charge on any atom is 0.132 e. The number of nitrogens with one attached hydrogen (secondary N) is 2. The summed E-state index contributed by atoms with van der Waals surface area (Å²) in [5, 5.41) is 7.21. The van der Waals surface area contributed by atoms with Gasteiger partial charge in [-0.05, 0) is 41.5 Å². The molecule has 3 heterocycles. The van der Waals surface area contributed by atoms with Crippen molar-refractivity contribution in [1.29, 1.82) is 0 Å². The monoisotopic (exact) mass is 366 g/mol. The summed E-state index contributed by atoms with van der Waals surface area (Å²) in [4.78, 5) is 0. The molecule has 1 atom stereocenters. The molecule has 0 fully saturated rings. The lowest BCUT2D eigenvalue weighted by Crippen LogP contribution is -2.44. The minimum Gasteiger partial charge on any atom is -0.489 e. The number of ether oxygens (including phenoxy) is 1. The van der Waals surface area contributed by atoms with Crippen LogP contribution in [-0.4, -0.2) is 12.3 Å². The van der Waals surface area contributed by atoms with Crippen molar-refractivity contribution in [2.24, 2.45) is 0 Å². The molecule has 3 nitrogen and oxygen atoms in total. The first-order valence-electron chi connectivity index (χ1n) is 9.62. The molecule has 0 aliphatic carbocycles. The molecule has 0 aromatic heterocycles. The van der Waals surface area contributed by atoms with E-state index in [0.29, 0.717) is 6.61 Å². The standard InChI is InChI=1S/C16H14N2.C9H8O/c1-3-7-14-12(5-1)9-10-16(17-14)11-13-6-2-4-8-15(13)18-16;1-2-6-9-8(4-1)5-3-7-10-9/h1-10,17-18H,11H2;1-6H,7H2. The maximum absolute atomic E-state index is 5.34. The number of anilines is 2. The molecular formula is C25H22N2O. The van der Waals surface area contributed by atoms with Crippen molar-refractivity contribution in [3.8, 4) is 5.75 Å². The Hall–Kier alpha value is -3.46. The molecule has 6 rings (SSSR count). The summed E-state index contributed by atoms with van der Waals surface area (Å²) in [6.45, 7) is 0.705. The first-order chi connectivity index (χ1) is 13.8. The van der Waals surface area contributed by atoms with Gasteiger partial charge in [0.15, 0.2) is 0 Å². The highest BCUT2D eigenvalue weighted by Gasteiger charge is 2.36. The number of fused-ring (bicyclic) bond motifs is 3. The van der Waals surface area contributed by atoms with E-state index in [9.17, 15) is 0 Å². The third-order valence-corrected chi connectivity index (χ3v) is 5.26. The average Bonchev–Trinajstić information content (AvgIpc) is 3.11. The van der Waals surface area contributed by atoms with Crippen LogP contribution in [0.3, 0.4) is 0 Å². The summed E-state index contributed by atoms with van der Waals surface area (Å²) < 4.78 is 5.34. The summed E-state index contributed by atoms with van der Waals surface area (Å²) in [6.07, 6.45) is 9.51. The molecule has 0 saturated carbocycles. The first kappa shape index (κ1) is 16.7. The molecule has 1 unspecified atom stereocenters. The van der Waals surface area contributed by atoms with E-state index in [-0.39, 0.29) is 5.66 Å². The van der Waals surface area contributed by atoms with Gasteiger partial charge in [0, 0.05) is 23.4 Å². The van der Waals surface area contributed by atoms with E-state index in [2.05, 4.69) is 77.4 Å². The Bertz CT molecular complexity index is 1040. The van der Waals surface area contributed by atoms with E-state index in [0.717, 1.165) is 12.2 Å². The molecule has 28 heavy (non-hydrogen) atoms. The van der Waals surface area contributed by atoms with Gasteiger partial charge < -0.3 is 15.4 Å². The quantitative estimate of drug-likeness (QED) is 0.545. The van der Waals surface area contributed by atoms with Gasteiger partial charge in [-0.2, -0.15) is 0 Å². The van der Waals surface area contributed by atoms with Crippen LogP contribution in [0.1, 0.15) is 16.7 Å². The highest BCUT2D eigenvalue weighted by Crippen LogP contribution is 2.37. The Kier molecular flexibility index (Phi) is 4.13. The van der Waals surface area contributed by atoms with Gasteiger partial charge >= 0.3 is 0 Å². The molecule has 1 spiro atoms. The van der Waals surface area contributed by atoms with Gasteiger partial charge in [-0.3, -0.25) is 0 Å². The number of hydrogen-bond donors (Lipinski definition) is 2. The lowest BCUT2D eigenvalue weighted by Gasteiger charge is -2.33. The zero-order valence-corrected chi connectivity index (χ0v) is 15.6. The van der Waals surface area contributed by atoms with Crippen LogP contribution < -0.4 is 15.4 Å². The summed E-state index contributed by atoms with van der Waals surface area (Å²) in [5.74, 6) is 0.991. The minimum absolute atomic E-state index is 0.155. The Morgan fingerprint density at radius 3 is 2.29 bits per heavy atom. The van der Waals surface area contributed by atoms with Crippen molar-refractivity contribution in [3.05, 3.63) is 102 Å². The summed E-state index contributed by atoms with van der Waals surface area (Å²) in [6, 6.07) is 24.9. The van der Waals surface area contributed by atoms with Crippen LogP contribution >= 0.6 is 0 Å². The molecule has 0 bridgehead atoms. The van der Waals surface area contributed by atoms with Crippen molar-refractivity contribution in [3.63, 3.8) is 0 Å². The molecule has 0 radical (unpaired) electrons. The average molecular weight is 366 g/mol. The largest absolute Gasteiger partial charge is 0.489 e. The smallest absolute Gasteiger partial charge is 0.132 e. The molecule has 3 heteroatoms. The second-order valence-corrected chi connectivity index (χ2v) is 7.23. The summed E-state index contributed by atoms with van der Waals surface area (Å²) in [7, 11) is 0. The van der Waals surface area contributed by atoms with Gasteiger partial charge in [0.25, 0.3) is 0 Å². The molecule has 0 saturated heterocycles. The summed E-state index contributed by atoms with van der Waals surface area (Å²) in [5.41, 5.74) is 6.07. The van der Waals surface area contributed by atoms with Gasteiger partial charge in [0.1, 0.15) is 18.0 Å². The van der Waals surface area contributed by atoms with E-state index in [4.69, 9.17) is 4.74 Å². The Balaban J connectivity index is 0.000000145. The molecule has 138 valence electrons. The molecule has 0 amide bonds. The van der Waals surface area contributed by atoms with Gasteiger partial charge in [0.05, 0.1) is 0 Å². The third-order valence-electron chi connectivity index (χ3n) is 5.26. The number of hydrogen-bond acceptors (Lipinski definition) is 3. The predicted octanol–water partition coefficient (Wildman–Crippen LogP) is 5.58. The van der Waals surface area contributed by atoms with Gasteiger partial charge in [-0.25, -0.2) is 0 Å². The SMILES string of the molecule is C1=CC2(Cc3ccccc3N2)Nc2ccccc21.C1=Cc2ccccc2OC1. The van der Waals surface area contributed by atoms with Crippen molar-refractivity contribution in [2.75, 3.05) is 17.2 Å². The zero-order valence-electron chi connectivity index (χ0n) is 15.6. The molecule has 3 aromatic carbocycles. The minimum atomic E-state index is -0.155. The van der Waals surface area contributed by atoms with Crippen molar-refractivity contribution < 1.29 is 4.74 Å². The normalized spacial score (nSPS) is 19.9. The maximum atomic E-state index is 5.34. The van der Waals surface area contributed by atoms with E-state index in [1.807, 2.05) is 30.3 Å². The second-order valence-electron chi connectivity index (χ2n) is 7.23. The molecule has 3 aliphatic heterocycles. The van der Waals surface area contributed by atoms with Crippen LogP contribution in [0.25, 0.3) is 12.2 Å². The van der Waals surface area contributed by atoms with Crippen molar-refractivity contribution >= 4 is 23.5 Å². The van der Waals surface area contributed by atoms with Gasteiger partial charge in [-0.1, -0.05) is 66.7 Å².